The Morgan fingerprint density at radius 2 is 1.55 bits per heavy atom. The number of carboxylic acid groups (broad SMARTS) is 1. The van der Waals surface area contributed by atoms with Crippen LogP contribution in [0.25, 0.3) is 0 Å². The normalized spacial score (nSPS) is 26.6. The van der Waals surface area contributed by atoms with Crippen LogP contribution in [0.4, 0.5) is 18.0 Å². The molecule has 0 aromatic rings. The van der Waals surface area contributed by atoms with Gasteiger partial charge >= 0.3 is 12.3 Å². The fourth-order valence-corrected chi connectivity index (χ4v) is 3.31. The lowest BCUT2D eigenvalue weighted by Crippen LogP contribution is -2.62. The maximum absolute atomic E-state index is 12.9. The maximum atomic E-state index is 12.9. The number of carbonyl (C=O) groups excluding carboxylic acids is 1. The third-order valence-electron chi connectivity index (χ3n) is 4.75. The highest BCUT2D eigenvalue weighted by atomic mass is 19.4. The number of nitrogens with zero attached hydrogens (tertiary/aromatic N) is 2. The average Bonchev–Trinajstić information content (AvgIpc) is 2.98. The van der Waals surface area contributed by atoms with Crippen molar-refractivity contribution >= 4 is 12.0 Å². The molecule has 1 saturated carbocycles. The standard InChI is InChI=1S/C12H15F3N2O3/c13-12(14,15)11(1-2-11)8(18)17-6-10(7-17)3-4-16(5-10)9(19)20/h1-7H2,(H,19,20). The molecule has 8 heteroatoms. The Kier molecular flexibility index (Phi) is 2.56. The topological polar surface area (TPSA) is 60.9 Å². The van der Waals surface area contributed by atoms with E-state index in [0.717, 1.165) is 0 Å². The van der Waals surface area contributed by atoms with Crippen LogP contribution < -0.4 is 0 Å². The highest BCUT2D eigenvalue weighted by Crippen LogP contribution is 2.59. The van der Waals surface area contributed by atoms with Gasteiger partial charge in [-0.1, -0.05) is 0 Å². The third-order valence-corrected chi connectivity index (χ3v) is 4.75. The number of likely N-dealkylation sites (tertiary alicyclic amines) is 2. The molecule has 0 aromatic heterocycles. The Bertz CT molecular complexity index is 467. The number of rotatable bonds is 1. The van der Waals surface area contributed by atoms with E-state index >= 15 is 0 Å². The molecule has 0 aromatic carbocycles. The molecule has 0 bridgehead atoms. The molecule has 0 unspecified atom stereocenters. The van der Waals surface area contributed by atoms with Crippen LogP contribution in [0.2, 0.25) is 0 Å². The van der Waals surface area contributed by atoms with E-state index in [1.54, 1.807) is 0 Å². The van der Waals surface area contributed by atoms with Gasteiger partial charge in [0.25, 0.3) is 0 Å². The summed E-state index contributed by atoms with van der Waals surface area (Å²) in [6, 6.07) is 0. The highest BCUT2D eigenvalue weighted by Gasteiger charge is 2.70. The minimum absolute atomic E-state index is 0.125. The van der Waals surface area contributed by atoms with Crippen molar-refractivity contribution in [3.05, 3.63) is 0 Å². The van der Waals surface area contributed by atoms with Crippen molar-refractivity contribution in [2.24, 2.45) is 10.8 Å². The molecule has 20 heavy (non-hydrogen) atoms. The van der Waals surface area contributed by atoms with Crippen molar-refractivity contribution in [3.8, 4) is 0 Å². The number of hydrogen-bond donors (Lipinski definition) is 1. The molecule has 112 valence electrons. The molecule has 1 spiro atoms. The van der Waals surface area contributed by atoms with Crippen LogP contribution in [0.15, 0.2) is 0 Å². The van der Waals surface area contributed by atoms with E-state index < -0.39 is 23.6 Å². The summed E-state index contributed by atoms with van der Waals surface area (Å²) in [4.78, 5) is 25.3. The van der Waals surface area contributed by atoms with Gasteiger partial charge in [0.15, 0.2) is 0 Å². The average molecular weight is 292 g/mol. The predicted octanol–water partition coefficient (Wildman–Crippen LogP) is 1.54. The first-order valence-electron chi connectivity index (χ1n) is 6.53. The summed E-state index contributed by atoms with van der Waals surface area (Å²) in [7, 11) is 0. The molecule has 5 nitrogen and oxygen atoms in total. The molecule has 0 atom stereocenters. The second-order valence-electron chi connectivity index (χ2n) is 6.20. The first kappa shape index (κ1) is 13.5. The van der Waals surface area contributed by atoms with E-state index in [1.807, 2.05) is 0 Å². The van der Waals surface area contributed by atoms with Gasteiger partial charge in [0.1, 0.15) is 5.41 Å². The van der Waals surface area contributed by atoms with Gasteiger partial charge in [0.05, 0.1) is 0 Å². The van der Waals surface area contributed by atoms with Gasteiger partial charge in [-0.05, 0) is 19.3 Å². The van der Waals surface area contributed by atoms with Crippen molar-refractivity contribution < 1.29 is 27.9 Å². The second-order valence-corrected chi connectivity index (χ2v) is 6.20. The molecule has 2 heterocycles. The minimum atomic E-state index is -4.48. The number of hydrogen-bond acceptors (Lipinski definition) is 2. The van der Waals surface area contributed by atoms with Crippen molar-refractivity contribution in [3.63, 3.8) is 0 Å². The maximum Gasteiger partial charge on any atom is 0.407 e. The van der Waals surface area contributed by atoms with Crippen molar-refractivity contribution in [2.75, 3.05) is 26.2 Å². The molecule has 3 rings (SSSR count). The van der Waals surface area contributed by atoms with Gasteiger partial charge in [-0.15, -0.1) is 0 Å². The monoisotopic (exact) mass is 292 g/mol. The van der Waals surface area contributed by atoms with E-state index in [4.69, 9.17) is 5.11 Å². The van der Waals surface area contributed by atoms with Crippen molar-refractivity contribution in [1.29, 1.82) is 0 Å². The zero-order valence-corrected chi connectivity index (χ0v) is 10.7. The van der Waals surface area contributed by atoms with Gasteiger partial charge in [-0.2, -0.15) is 13.2 Å². The lowest BCUT2D eigenvalue weighted by molar-refractivity contribution is -0.204. The fraction of sp³-hybridized carbons (Fsp3) is 0.833. The second kappa shape index (κ2) is 3.79. The molecule has 1 aliphatic carbocycles. The minimum Gasteiger partial charge on any atom is -0.465 e. The highest BCUT2D eigenvalue weighted by molar-refractivity contribution is 5.87. The molecular weight excluding hydrogens is 277 g/mol. The Labute approximate surface area is 113 Å². The van der Waals surface area contributed by atoms with Gasteiger partial charge in [0.2, 0.25) is 5.91 Å². The number of amides is 2. The zero-order chi connectivity index (χ0) is 14.8. The zero-order valence-electron chi connectivity index (χ0n) is 10.7. The molecule has 3 aliphatic rings. The molecule has 2 saturated heterocycles. The molecule has 2 amide bonds. The summed E-state index contributed by atoms with van der Waals surface area (Å²) in [5.41, 5.74) is -2.48. The summed E-state index contributed by atoms with van der Waals surface area (Å²) < 4.78 is 38.6. The summed E-state index contributed by atoms with van der Waals surface area (Å²) in [5, 5.41) is 8.88. The van der Waals surface area contributed by atoms with E-state index in [2.05, 4.69) is 0 Å². The van der Waals surface area contributed by atoms with Crippen LogP contribution >= 0.6 is 0 Å². The lowest BCUT2D eigenvalue weighted by Gasteiger charge is -2.49. The quantitative estimate of drug-likeness (QED) is 0.797. The fourth-order valence-electron chi connectivity index (χ4n) is 3.31. The van der Waals surface area contributed by atoms with Crippen molar-refractivity contribution in [2.45, 2.75) is 25.4 Å². The molecule has 3 fully saturated rings. The van der Waals surface area contributed by atoms with Crippen LogP contribution in [-0.4, -0.2) is 59.3 Å². The number of halogens is 3. The SMILES string of the molecule is O=C(O)N1CCC2(C1)CN(C(=O)C1(C(F)(F)F)CC1)C2. The van der Waals surface area contributed by atoms with E-state index in [-0.39, 0.29) is 31.3 Å². The van der Waals surface area contributed by atoms with Crippen LogP contribution in [0.3, 0.4) is 0 Å². The Balaban J connectivity index is 1.62. The van der Waals surface area contributed by atoms with Gasteiger partial charge < -0.3 is 14.9 Å². The van der Waals surface area contributed by atoms with Crippen LogP contribution in [-0.2, 0) is 4.79 Å². The Morgan fingerprint density at radius 3 is 1.95 bits per heavy atom. The van der Waals surface area contributed by atoms with E-state index in [1.165, 1.54) is 9.80 Å². The predicted molar refractivity (Wildman–Crippen MR) is 60.9 cm³/mol. The summed E-state index contributed by atoms with van der Waals surface area (Å²) >= 11 is 0. The largest absolute Gasteiger partial charge is 0.465 e. The molecular formula is C12H15F3N2O3. The Hall–Kier alpha value is -1.47. The smallest absolute Gasteiger partial charge is 0.407 e. The van der Waals surface area contributed by atoms with Crippen molar-refractivity contribution in [1.82, 2.24) is 9.80 Å². The summed E-state index contributed by atoms with van der Waals surface area (Å²) in [6.07, 6.45) is -5.13. The van der Waals surface area contributed by atoms with E-state index in [9.17, 15) is 22.8 Å². The Morgan fingerprint density at radius 1 is 1.00 bits per heavy atom. The third kappa shape index (κ3) is 1.76. The van der Waals surface area contributed by atoms with Crippen LogP contribution in [0.5, 0.6) is 0 Å². The summed E-state index contributed by atoms with van der Waals surface area (Å²) in [6.45, 7) is 1.19. The van der Waals surface area contributed by atoms with Gasteiger partial charge in [0, 0.05) is 31.6 Å². The molecule has 2 aliphatic heterocycles. The number of alkyl halides is 3. The number of carbonyl (C=O) groups is 2. The lowest BCUT2D eigenvalue weighted by atomic mass is 9.78. The van der Waals surface area contributed by atoms with E-state index in [0.29, 0.717) is 19.5 Å². The summed E-state index contributed by atoms with van der Waals surface area (Å²) in [5.74, 6) is -0.829. The first-order valence-corrected chi connectivity index (χ1v) is 6.53. The molecule has 1 N–H and O–H groups in total. The first-order chi connectivity index (χ1) is 9.19. The van der Waals surface area contributed by atoms with Gasteiger partial charge in [-0.25, -0.2) is 4.79 Å². The van der Waals surface area contributed by atoms with Crippen LogP contribution in [0.1, 0.15) is 19.3 Å². The molecule has 0 radical (unpaired) electrons. The van der Waals surface area contributed by atoms with Gasteiger partial charge in [-0.3, -0.25) is 4.79 Å². The van der Waals surface area contributed by atoms with Crippen LogP contribution in [0, 0.1) is 10.8 Å².